The second-order valence-electron chi connectivity index (χ2n) is 3.86. The zero-order chi connectivity index (χ0) is 12.0. The second-order valence-corrected chi connectivity index (χ2v) is 4.26. The van der Waals surface area contributed by atoms with Gasteiger partial charge < -0.3 is 10.1 Å². The molecule has 2 nitrogen and oxygen atoms in total. The molecule has 1 N–H and O–H groups in total. The highest BCUT2D eigenvalue weighted by molar-refractivity contribution is 6.31. The minimum absolute atomic E-state index is 0.495. The summed E-state index contributed by atoms with van der Waals surface area (Å²) in [5.74, 6) is 0. The number of ether oxygens (including phenoxy) is 1. The third-order valence-electron chi connectivity index (χ3n) is 2.75. The van der Waals surface area contributed by atoms with Gasteiger partial charge in [-0.2, -0.15) is 0 Å². The van der Waals surface area contributed by atoms with Crippen molar-refractivity contribution in [3.63, 3.8) is 0 Å². The summed E-state index contributed by atoms with van der Waals surface area (Å²) in [4.78, 5) is 0. The van der Waals surface area contributed by atoms with Crippen molar-refractivity contribution in [2.75, 3.05) is 12.4 Å². The van der Waals surface area contributed by atoms with Crippen LogP contribution in [0.15, 0.2) is 18.2 Å². The van der Waals surface area contributed by atoms with Crippen LogP contribution in [0.2, 0.25) is 5.02 Å². The van der Waals surface area contributed by atoms with Gasteiger partial charge in [-0.1, -0.05) is 31.5 Å². The molecule has 1 rings (SSSR count). The Kier molecular flexibility index (Phi) is 5.64. The molecule has 0 heterocycles. The number of hydrogen-bond acceptors (Lipinski definition) is 2. The van der Waals surface area contributed by atoms with Gasteiger partial charge in [-0.05, 0) is 25.0 Å². The molecule has 0 aliphatic carbocycles. The summed E-state index contributed by atoms with van der Waals surface area (Å²) in [5.41, 5.74) is 2.13. The maximum Gasteiger partial charge on any atom is 0.0747 e. The van der Waals surface area contributed by atoms with E-state index in [0.29, 0.717) is 12.6 Å². The smallest absolute Gasteiger partial charge is 0.0747 e. The highest BCUT2D eigenvalue weighted by Crippen LogP contribution is 2.26. The molecule has 0 radical (unpaired) electrons. The van der Waals surface area contributed by atoms with E-state index in [4.69, 9.17) is 16.3 Å². The SMILES string of the molecule is CCC(CC)Nc1cccc(Cl)c1COC. The third-order valence-corrected chi connectivity index (χ3v) is 3.11. The molecular weight excluding hydrogens is 222 g/mol. The summed E-state index contributed by atoms with van der Waals surface area (Å²) in [6.45, 7) is 4.91. The molecule has 16 heavy (non-hydrogen) atoms. The Morgan fingerprint density at radius 1 is 1.31 bits per heavy atom. The average Bonchev–Trinajstić information content (AvgIpc) is 2.30. The summed E-state index contributed by atoms with van der Waals surface area (Å²) < 4.78 is 5.17. The Labute approximate surface area is 103 Å². The van der Waals surface area contributed by atoms with E-state index in [0.717, 1.165) is 29.1 Å². The maximum atomic E-state index is 6.16. The second kappa shape index (κ2) is 6.77. The van der Waals surface area contributed by atoms with Gasteiger partial charge in [-0.25, -0.2) is 0 Å². The number of benzene rings is 1. The zero-order valence-electron chi connectivity index (χ0n) is 10.2. The first kappa shape index (κ1) is 13.3. The van der Waals surface area contributed by atoms with Crippen molar-refractivity contribution in [2.24, 2.45) is 0 Å². The molecule has 0 unspecified atom stereocenters. The number of nitrogens with one attached hydrogen (secondary N) is 1. The Morgan fingerprint density at radius 2 is 2.00 bits per heavy atom. The number of hydrogen-bond donors (Lipinski definition) is 1. The molecular formula is C13H20ClNO. The summed E-state index contributed by atoms with van der Waals surface area (Å²) in [5, 5.41) is 4.27. The lowest BCUT2D eigenvalue weighted by Crippen LogP contribution is -2.18. The molecule has 0 spiro atoms. The van der Waals surface area contributed by atoms with Crippen LogP contribution in [-0.2, 0) is 11.3 Å². The molecule has 0 bridgehead atoms. The Hall–Kier alpha value is -0.730. The molecule has 0 aliphatic heterocycles. The molecule has 1 aromatic rings. The predicted octanol–water partition coefficient (Wildman–Crippen LogP) is 4.09. The van der Waals surface area contributed by atoms with E-state index >= 15 is 0 Å². The van der Waals surface area contributed by atoms with E-state index in [1.165, 1.54) is 0 Å². The van der Waals surface area contributed by atoms with Crippen molar-refractivity contribution in [2.45, 2.75) is 39.3 Å². The van der Waals surface area contributed by atoms with E-state index in [-0.39, 0.29) is 0 Å². The van der Waals surface area contributed by atoms with Crippen LogP contribution in [-0.4, -0.2) is 13.2 Å². The van der Waals surface area contributed by atoms with Gasteiger partial charge in [0.2, 0.25) is 0 Å². The van der Waals surface area contributed by atoms with Crippen LogP contribution in [0.1, 0.15) is 32.3 Å². The van der Waals surface area contributed by atoms with Crippen molar-refractivity contribution in [3.8, 4) is 0 Å². The lowest BCUT2D eigenvalue weighted by Gasteiger charge is -2.19. The van der Waals surface area contributed by atoms with E-state index in [1.54, 1.807) is 7.11 Å². The quantitative estimate of drug-likeness (QED) is 0.810. The standard InChI is InChI=1S/C13H20ClNO/c1-4-10(5-2)15-13-8-6-7-12(14)11(13)9-16-3/h6-8,10,15H,4-5,9H2,1-3H3. The summed E-state index contributed by atoms with van der Waals surface area (Å²) in [6.07, 6.45) is 2.21. The minimum atomic E-state index is 0.495. The van der Waals surface area contributed by atoms with Crippen LogP contribution >= 0.6 is 11.6 Å². The first-order chi connectivity index (χ1) is 7.72. The molecule has 0 saturated carbocycles. The molecule has 0 fully saturated rings. The normalized spacial score (nSPS) is 10.8. The Balaban J connectivity index is 2.89. The van der Waals surface area contributed by atoms with E-state index in [9.17, 15) is 0 Å². The molecule has 0 aliphatic rings. The topological polar surface area (TPSA) is 21.3 Å². The van der Waals surface area contributed by atoms with Gasteiger partial charge in [0.25, 0.3) is 0 Å². The number of anilines is 1. The van der Waals surface area contributed by atoms with Crippen molar-refractivity contribution in [1.82, 2.24) is 0 Å². The Bertz CT molecular complexity index is 324. The van der Waals surface area contributed by atoms with E-state index < -0.39 is 0 Å². The first-order valence-electron chi connectivity index (χ1n) is 5.75. The fourth-order valence-corrected chi connectivity index (χ4v) is 1.93. The van der Waals surface area contributed by atoms with Gasteiger partial charge in [0.15, 0.2) is 0 Å². The van der Waals surface area contributed by atoms with E-state index in [2.05, 4.69) is 25.2 Å². The molecule has 3 heteroatoms. The third kappa shape index (κ3) is 3.39. The largest absolute Gasteiger partial charge is 0.382 e. The molecule has 1 aromatic carbocycles. The van der Waals surface area contributed by atoms with Gasteiger partial charge in [-0.15, -0.1) is 0 Å². The molecule has 0 aromatic heterocycles. The number of methoxy groups -OCH3 is 1. The first-order valence-corrected chi connectivity index (χ1v) is 6.13. The van der Waals surface area contributed by atoms with Crippen LogP contribution in [0.4, 0.5) is 5.69 Å². The van der Waals surface area contributed by atoms with Gasteiger partial charge in [-0.3, -0.25) is 0 Å². The fraction of sp³-hybridized carbons (Fsp3) is 0.538. The minimum Gasteiger partial charge on any atom is -0.382 e. The van der Waals surface area contributed by atoms with Gasteiger partial charge in [0.1, 0.15) is 0 Å². The monoisotopic (exact) mass is 241 g/mol. The lowest BCUT2D eigenvalue weighted by molar-refractivity contribution is 0.185. The van der Waals surface area contributed by atoms with E-state index in [1.807, 2.05) is 12.1 Å². The van der Waals surface area contributed by atoms with Crippen molar-refractivity contribution in [1.29, 1.82) is 0 Å². The number of rotatable bonds is 6. The van der Waals surface area contributed by atoms with Crippen LogP contribution in [0.5, 0.6) is 0 Å². The van der Waals surface area contributed by atoms with Crippen molar-refractivity contribution in [3.05, 3.63) is 28.8 Å². The van der Waals surface area contributed by atoms with Gasteiger partial charge in [0.05, 0.1) is 6.61 Å². The van der Waals surface area contributed by atoms with Crippen LogP contribution in [0, 0.1) is 0 Å². The van der Waals surface area contributed by atoms with Gasteiger partial charge in [0, 0.05) is 29.4 Å². The number of halogens is 1. The lowest BCUT2D eigenvalue weighted by atomic mass is 10.1. The van der Waals surface area contributed by atoms with Crippen molar-refractivity contribution < 1.29 is 4.74 Å². The highest BCUT2D eigenvalue weighted by Gasteiger charge is 2.09. The molecule has 90 valence electrons. The van der Waals surface area contributed by atoms with Gasteiger partial charge >= 0.3 is 0 Å². The molecule has 0 amide bonds. The fourth-order valence-electron chi connectivity index (χ4n) is 1.70. The summed E-state index contributed by atoms with van der Waals surface area (Å²) >= 11 is 6.16. The Morgan fingerprint density at radius 3 is 2.56 bits per heavy atom. The zero-order valence-corrected chi connectivity index (χ0v) is 11.0. The summed E-state index contributed by atoms with van der Waals surface area (Å²) in [7, 11) is 1.68. The predicted molar refractivity (Wildman–Crippen MR) is 70.2 cm³/mol. The molecule has 0 atom stereocenters. The molecule has 0 saturated heterocycles. The van der Waals surface area contributed by atoms with Crippen LogP contribution in [0.25, 0.3) is 0 Å². The van der Waals surface area contributed by atoms with Crippen LogP contribution < -0.4 is 5.32 Å². The van der Waals surface area contributed by atoms with Crippen LogP contribution in [0.3, 0.4) is 0 Å². The maximum absolute atomic E-state index is 6.16. The summed E-state index contributed by atoms with van der Waals surface area (Å²) in [6, 6.07) is 6.41. The highest BCUT2D eigenvalue weighted by atomic mass is 35.5. The average molecular weight is 242 g/mol. The van der Waals surface area contributed by atoms with Crippen molar-refractivity contribution >= 4 is 17.3 Å².